The van der Waals surface area contributed by atoms with Crippen LogP contribution < -0.4 is 5.32 Å². The van der Waals surface area contributed by atoms with Crippen molar-refractivity contribution >= 4 is 29.5 Å². The summed E-state index contributed by atoms with van der Waals surface area (Å²) in [6.07, 6.45) is 0.572. The van der Waals surface area contributed by atoms with Gasteiger partial charge in [0.15, 0.2) is 0 Å². The highest BCUT2D eigenvalue weighted by Gasteiger charge is 2.30. The van der Waals surface area contributed by atoms with Gasteiger partial charge in [0.1, 0.15) is 6.54 Å². The number of hydrogen-bond donors (Lipinski definition) is 1. The molecule has 2 aromatic carbocycles. The molecule has 3 amide bonds. The molecule has 0 aliphatic carbocycles. The van der Waals surface area contributed by atoms with Crippen molar-refractivity contribution in [1.29, 1.82) is 0 Å². The van der Waals surface area contributed by atoms with Crippen LogP contribution in [0.5, 0.6) is 0 Å². The zero-order valence-corrected chi connectivity index (χ0v) is 18.5. The van der Waals surface area contributed by atoms with Crippen LogP contribution in [0.15, 0.2) is 48.5 Å². The second-order valence-corrected chi connectivity index (χ2v) is 9.12. The first-order valence-corrected chi connectivity index (χ1v) is 11.7. The maximum atomic E-state index is 12.8. The van der Waals surface area contributed by atoms with Crippen LogP contribution in [0.4, 0.5) is 0 Å². The summed E-state index contributed by atoms with van der Waals surface area (Å²) in [6.45, 7) is 3.46. The summed E-state index contributed by atoms with van der Waals surface area (Å²) in [4.78, 5) is 40.5. The SMILES string of the molecule is Cc1cccc(-c2ccc(C[C@H]3CN(C(=O)CN4CSCC4=O)CCNC3=O)cc2)c1. The minimum Gasteiger partial charge on any atom is -0.354 e. The van der Waals surface area contributed by atoms with E-state index in [0.717, 1.165) is 11.1 Å². The maximum Gasteiger partial charge on any atom is 0.242 e. The predicted octanol–water partition coefficient (Wildman–Crippen LogP) is 2.31. The van der Waals surface area contributed by atoms with Gasteiger partial charge in [-0.3, -0.25) is 14.4 Å². The van der Waals surface area contributed by atoms with Crippen molar-refractivity contribution in [3.63, 3.8) is 0 Å². The number of amides is 3. The number of benzene rings is 2. The molecule has 1 atom stereocenters. The lowest BCUT2D eigenvalue weighted by atomic mass is 9.95. The minimum absolute atomic E-state index is 0.00706. The molecule has 2 aliphatic heterocycles. The normalized spacial score (nSPS) is 19.3. The van der Waals surface area contributed by atoms with Crippen LogP contribution >= 0.6 is 11.8 Å². The Kier molecular flexibility index (Phi) is 6.61. The number of nitrogens with zero attached hydrogens (tertiary/aromatic N) is 2. The molecule has 0 bridgehead atoms. The molecule has 0 aromatic heterocycles. The van der Waals surface area contributed by atoms with Gasteiger partial charge in [-0.2, -0.15) is 0 Å². The number of nitrogens with one attached hydrogen (secondary N) is 1. The molecule has 4 rings (SSSR count). The summed E-state index contributed by atoms with van der Waals surface area (Å²) >= 11 is 1.53. The van der Waals surface area contributed by atoms with Gasteiger partial charge in [0.25, 0.3) is 0 Å². The monoisotopic (exact) mass is 437 g/mol. The van der Waals surface area contributed by atoms with Gasteiger partial charge in [0.2, 0.25) is 17.7 Å². The van der Waals surface area contributed by atoms with Crippen LogP contribution in [0, 0.1) is 12.8 Å². The number of rotatable bonds is 5. The van der Waals surface area contributed by atoms with Crippen molar-refractivity contribution in [2.75, 3.05) is 37.8 Å². The molecule has 2 saturated heterocycles. The van der Waals surface area contributed by atoms with Crippen LogP contribution in [-0.4, -0.2) is 65.3 Å². The van der Waals surface area contributed by atoms with Crippen molar-refractivity contribution in [2.24, 2.45) is 5.92 Å². The lowest BCUT2D eigenvalue weighted by Crippen LogP contribution is -2.43. The van der Waals surface area contributed by atoms with Crippen LogP contribution in [0.3, 0.4) is 0 Å². The number of carbonyl (C=O) groups is 3. The third-order valence-corrected chi connectivity index (χ3v) is 6.73. The molecular weight excluding hydrogens is 410 g/mol. The lowest BCUT2D eigenvalue weighted by Gasteiger charge is -2.25. The van der Waals surface area contributed by atoms with Gasteiger partial charge in [-0.15, -0.1) is 11.8 Å². The van der Waals surface area contributed by atoms with Gasteiger partial charge in [-0.25, -0.2) is 0 Å². The first-order chi connectivity index (χ1) is 15.0. The fourth-order valence-electron chi connectivity index (χ4n) is 4.03. The lowest BCUT2D eigenvalue weighted by molar-refractivity contribution is -0.138. The Morgan fingerprint density at radius 1 is 1.13 bits per heavy atom. The van der Waals surface area contributed by atoms with Crippen molar-refractivity contribution in [1.82, 2.24) is 15.1 Å². The van der Waals surface area contributed by atoms with E-state index in [1.165, 1.54) is 22.9 Å². The average Bonchev–Trinajstić information content (AvgIpc) is 3.07. The minimum atomic E-state index is -0.306. The topological polar surface area (TPSA) is 69.7 Å². The quantitative estimate of drug-likeness (QED) is 0.780. The van der Waals surface area contributed by atoms with E-state index in [4.69, 9.17) is 0 Å². The molecule has 0 radical (unpaired) electrons. The molecule has 0 unspecified atom stereocenters. The van der Waals surface area contributed by atoms with Crippen molar-refractivity contribution in [2.45, 2.75) is 13.3 Å². The number of thioether (sulfide) groups is 1. The van der Waals surface area contributed by atoms with Crippen LogP contribution in [0.1, 0.15) is 11.1 Å². The van der Waals surface area contributed by atoms with E-state index in [9.17, 15) is 14.4 Å². The second-order valence-electron chi connectivity index (χ2n) is 8.17. The smallest absolute Gasteiger partial charge is 0.242 e. The highest BCUT2D eigenvalue weighted by atomic mass is 32.2. The average molecular weight is 438 g/mol. The Hall–Kier alpha value is -2.80. The first kappa shape index (κ1) is 21.4. The number of aryl methyl sites for hydroxylation is 1. The third-order valence-electron chi connectivity index (χ3n) is 5.78. The Balaban J connectivity index is 1.42. The fraction of sp³-hybridized carbons (Fsp3) is 0.375. The van der Waals surface area contributed by atoms with E-state index >= 15 is 0 Å². The molecule has 2 heterocycles. The van der Waals surface area contributed by atoms with Gasteiger partial charge < -0.3 is 15.1 Å². The summed E-state index contributed by atoms with van der Waals surface area (Å²) in [5.41, 5.74) is 4.60. The Bertz CT molecular complexity index is 976. The van der Waals surface area contributed by atoms with E-state index in [0.29, 0.717) is 37.7 Å². The summed E-state index contributed by atoms with van der Waals surface area (Å²) in [7, 11) is 0. The van der Waals surface area contributed by atoms with E-state index in [-0.39, 0.29) is 30.2 Å². The zero-order valence-electron chi connectivity index (χ0n) is 17.7. The van der Waals surface area contributed by atoms with Gasteiger partial charge in [-0.05, 0) is 30.0 Å². The van der Waals surface area contributed by atoms with Gasteiger partial charge in [0, 0.05) is 19.6 Å². The molecule has 31 heavy (non-hydrogen) atoms. The highest BCUT2D eigenvalue weighted by Crippen LogP contribution is 2.22. The summed E-state index contributed by atoms with van der Waals surface area (Å²) in [5.74, 6) is 0.589. The molecule has 2 fully saturated rings. The summed E-state index contributed by atoms with van der Waals surface area (Å²) in [6, 6.07) is 16.7. The van der Waals surface area contributed by atoms with Crippen LogP contribution in [0.25, 0.3) is 11.1 Å². The van der Waals surface area contributed by atoms with Crippen molar-refractivity contribution in [3.05, 3.63) is 59.7 Å². The van der Waals surface area contributed by atoms with Crippen molar-refractivity contribution < 1.29 is 14.4 Å². The number of carbonyl (C=O) groups excluding carboxylic acids is 3. The molecule has 0 spiro atoms. The molecule has 1 N–H and O–H groups in total. The molecule has 2 aliphatic rings. The Labute approximate surface area is 187 Å². The fourth-order valence-corrected chi connectivity index (χ4v) is 4.93. The Morgan fingerprint density at radius 2 is 1.94 bits per heavy atom. The van der Waals surface area contributed by atoms with Crippen LogP contribution in [-0.2, 0) is 20.8 Å². The molecule has 7 heteroatoms. The predicted molar refractivity (Wildman–Crippen MR) is 122 cm³/mol. The second kappa shape index (κ2) is 9.56. The zero-order chi connectivity index (χ0) is 21.8. The molecule has 2 aromatic rings. The van der Waals surface area contributed by atoms with E-state index < -0.39 is 0 Å². The molecule has 0 saturated carbocycles. The Morgan fingerprint density at radius 3 is 2.65 bits per heavy atom. The summed E-state index contributed by atoms with van der Waals surface area (Å²) < 4.78 is 0. The highest BCUT2D eigenvalue weighted by molar-refractivity contribution is 8.00. The third kappa shape index (κ3) is 5.28. The van der Waals surface area contributed by atoms with E-state index in [1.54, 1.807) is 9.80 Å². The van der Waals surface area contributed by atoms with Crippen molar-refractivity contribution in [3.8, 4) is 11.1 Å². The summed E-state index contributed by atoms with van der Waals surface area (Å²) in [5, 5.41) is 2.93. The number of hydrogen-bond acceptors (Lipinski definition) is 4. The van der Waals surface area contributed by atoms with E-state index in [1.807, 2.05) is 0 Å². The van der Waals surface area contributed by atoms with Gasteiger partial charge in [-0.1, -0.05) is 54.1 Å². The van der Waals surface area contributed by atoms with Gasteiger partial charge in [0.05, 0.1) is 17.5 Å². The molecule has 162 valence electrons. The standard InChI is InChI=1S/C24H27N3O3S/c1-17-3-2-4-20(11-17)19-7-5-18(6-8-19)12-21-13-26(10-9-25-24(21)30)22(28)14-27-16-31-15-23(27)29/h2-8,11,21H,9-10,12-16H2,1H3,(H,25,30)/t21-/m0/s1. The van der Waals surface area contributed by atoms with Crippen LogP contribution in [0.2, 0.25) is 0 Å². The molecule has 6 nitrogen and oxygen atoms in total. The first-order valence-electron chi connectivity index (χ1n) is 10.6. The van der Waals surface area contributed by atoms with E-state index in [2.05, 4.69) is 60.8 Å². The van der Waals surface area contributed by atoms with Gasteiger partial charge >= 0.3 is 0 Å². The maximum absolute atomic E-state index is 12.8. The largest absolute Gasteiger partial charge is 0.354 e. The molecular formula is C24H27N3O3S.